The number of amides is 1. The first-order valence-electron chi connectivity index (χ1n) is 8.01. The number of hydrogen-bond acceptors (Lipinski definition) is 5. The molecular weight excluding hydrogens is 326 g/mol. The molecule has 7 nitrogen and oxygen atoms in total. The molecule has 1 amide bonds. The summed E-state index contributed by atoms with van der Waals surface area (Å²) in [6, 6.07) is 7.95. The molecule has 0 aliphatic rings. The first-order chi connectivity index (χ1) is 11.6. The van der Waals surface area contributed by atoms with Crippen molar-refractivity contribution in [2.45, 2.75) is 52.4 Å². The molecule has 1 aromatic carbocycles. The number of nitrogens with one attached hydrogen (secondary N) is 1. The van der Waals surface area contributed by atoms with Crippen LogP contribution < -0.4 is 5.32 Å². The lowest BCUT2D eigenvalue weighted by atomic mass is 10.0. The summed E-state index contributed by atoms with van der Waals surface area (Å²) in [4.78, 5) is 35.3. The average Bonchev–Trinajstić information content (AvgIpc) is 2.50. The molecule has 138 valence electrons. The van der Waals surface area contributed by atoms with E-state index in [1.165, 1.54) is 6.92 Å². The van der Waals surface area contributed by atoms with Crippen molar-refractivity contribution in [3.05, 3.63) is 35.9 Å². The second kappa shape index (κ2) is 9.05. The highest BCUT2D eigenvalue weighted by Gasteiger charge is 2.29. The number of carbonyl (C=O) groups excluding carboxylic acids is 2. The molecule has 0 radical (unpaired) electrons. The predicted molar refractivity (Wildman–Crippen MR) is 90.8 cm³/mol. The Morgan fingerprint density at radius 2 is 1.76 bits per heavy atom. The number of ether oxygens (including phenoxy) is 2. The Morgan fingerprint density at radius 3 is 2.28 bits per heavy atom. The molecule has 7 heteroatoms. The van der Waals surface area contributed by atoms with E-state index in [4.69, 9.17) is 14.6 Å². The highest BCUT2D eigenvalue weighted by molar-refractivity contribution is 5.82. The third-order valence-corrected chi connectivity index (χ3v) is 3.21. The van der Waals surface area contributed by atoms with E-state index in [2.05, 4.69) is 5.32 Å². The predicted octanol–water partition coefficient (Wildman–Crippen LogP) is 2.73. The van der Waals surface area contributed by atoms with Crippen LogP contribution in [0.2, 0.25) is 0 Å². The first kappa shape index (κ1) is 20.5. The number of aliphatic carboxylic acids is 1. The third kappa shape index (κ3) is 8.19. The molecule has 0 aliphatic carbocycles. The van der Waals surface area contributed by atoms with E-state index < -0.39 is 35.6 Å². The van der Waals surface area contributed by atoms with Gasteiger partial charge in [-0.05, 0) is 32.8 Å². The summed E-state index contributed by atoms with van der Waals surface area (Å²) in [7, 11) is 0. The number of carbonyl (C=O) groups is 3. The van der Waals surface area contributed by atoms with Crippen LogP contribution in [0.5, 0.6) is 0 Å². The van der Waals surface area contributed by atoms with Crippen molar-refractivity contribution in [1.82, 2.24) is 5.32 Å². The Labute approximate surface area is 147 Å². The minimum absolute atomic E-state index is 0.0353. The SMILES string of the molecule is CC(CC(NC(=O)OC(C)(C)C)C(=O)OCc1ccccc1)C(=O)O. The van der Waals surface area contributed by atoms with Crippen molar-refractivity contribution < 1.29 is 29.0 Å². The lowest BCUT2D eigenvalue weighted by Gasteiger charge is -2.23. The Balaban J connectivity index is 2.73. The van der Waals surface area contributed by atoms with Crippen LogP contribution in [0, 0.1) is 5.92 Å². The highest BCUT2D eigenvalue weighted by atomic mass is 16.6. The van der Waals surface area contributed by atoms with Crippen molar-refractivity contribution in [2.24, 2.45) is 5.92 Å². The molecule has 0 spiro atoms. The van der Waals surface area contributed by atoms with Crippen molar-refractivity contribution in [3.8, 4) is 0 Å². The molecule has 2 atom stereocenters. The van der Waals surface area contributed by atoms with Gasteiger partial charge in [-0.25, -0.2) is 9.59 Å². The summed E-state index contributed by atoms with van der Waals surface area (Å²) in [6.45, 7) is 6.56. The third-order valence-electron chi connectivity index (χ3n) is 3.21. The number of hydrogen-bond donors (Lipinski definition) is 2. The van der Waals surface area contributed by atoms with Gasteiger partial charge in [0.15, 0.2) is 0 Å². The molecule has 0 aliphatic heterocycles. The van der Waals surface area contributed by atoms with Gasteiger partial charge >= 0.3 is 18.0 Å². The minimum Gasteiger partial charge on any atom is -0.481 e. The second-order valence-corrected chi connectivity index (χ2v) is 6.77. The van der Waals surface area contributed by atoms with Gasteiger partial charge in [0.1, 0.15) is 18.2 Å². The van der Waals surface area contributed by atoms with Crippen molar-refractivity contribution in [3.63, 3.8) is 0 Å². The molecule has 2 unspecified atom stereocenters. The number of esters is 1. The van der Waals surface area contributed by atoms with E-state index in [1.807, 2.05) is 18.2 Å². The summed E-state index contributed by atoms with van der Waals surface area (Å²) in [5, 5.41) is 11.4. The second-order valence-electron chi connectivity index (χ2n) is 6.77. The topological polar surface area (TPSA) is 102 Å². The van der Waals surface area contributed by atoms with Crippen LogP contribution in [0.4, 0.5) is 4.79 Å². The van der Waals surface area contributed by atoms with Gasteiger partial charge < -0.3 is 19.9 Å². The fourth-order valence-electron chi connectivity index (χ4n) is 1.95. The monoisotopic (exact) mass is 351 g/mol. The van der Waals surface area contributed by atoms with Crippen LogP contribution in [0.1, 0.15) is 39.7 Å². The van der Waals surface area contributed by atoms with Crippen molar-refractivity contribution in [1.29, 1.82) is 0 Å². The fourth-order valence-corrected chi connectivity index (χ4v) is 1.95. The van der Waals surface area contributed by atoms with E-state index in [-0.39, 0.29) is 13.0 Å². The molecule has 25 heavy (non-hydrogen) atoms. The molecule has 2 N–H and O–H groups in total. The standard InChI is InChI=1S/C18H25NO6/c1-12(15(20)21)10-14(19-17(23)25-18(2,3)4)16(22)24-11-13-8-6-5-7-9-13/h5-9,12,14H,10-11H2,1-4H3,(H,19,23)(H,20,21). The smallest absolute Gasteiger partial charge is 0.408 e. The Hall–Kier alpha value is -2.57. The molecule has 0 fully saturated rings. The first-order valence-corrected chi connectivity index (χ1v) is 8.01. The Morgan fingerprint density at radius 1 is 1.16 bits per heavy atom. The Bertz CT molecular complexity index is 593. The van der Waals surface area contributed by atoms with Crippen molar-refractivity contribution >= 4 is 18.0 Å². The normalized spacial score (nSPS) is 13.4. The average molecular weight is 351 g/mol. The largest absolute Gasteiger partial charge is 0.481 e. The van der Waals surface area contributed by atoms with Gasteiger partial charge in [0.2, 0.25) is 0 Å². The van der Waals surface area contributed by atoms with E-state index in [0.717, 1.165) is 5.56 Å². The molecule has 1 aromatic rings. The van der Waals surface area contributed by atoms with Crippen LogP contribution in [-0.4, -0.2) is 34.8 Å². The fraction of sp³-hybridized carbons (Fsp3) is 0.500. The van der Waals surface area contributed by atoms with Gasteiger partial charge in [-0.2, -0.15) is 0 Å². The summed E-state index contributed by atoms with van der Waals surface area (Å²) in [5.41, 5.74) is 0.0548. The quantitative estimate of drug-likeness (QED) is 0.732. The Kier molecular flexibility index (Phi) is 7.42. The number of benzene rings is 1. The molecule has 0 saturated heterocycles. The van der Waals surface area contributed by atoms with E-state index in [0.29, 0.717) is 0 Å². The molecule has 0 bridgehead atoms. The zero-order valence-corrected chi connectivity index (χ0v) is 14.9. The van der Waals surface area contributed by atoms with Gasteiger partial charge in [-0.15, -0.1) is 0 Å². The molecule has 0 saturated carbocycles. The summed E-state index contributed by atoms with van der Waals surface area (Å²) < 4.78 is 10.3. The van der Waals surface area contributed by atoms with Crippen LogP contribution in [0.25, 0.3) is 0 Å². The zero-order chi connectivity index (χ0) is 19.0. The number of carboxylic acid groups (broad SMARTS) is 1. The zero-order valence-electron chi connectivity index (χ0n) is 14.9. The van der Waals surface area contributed by atoms with Gasteiger partial charge in [-0.3, -0.25) is 4.79 Å². The molecular formula is C18H25NO6. The van der Waals surface area contributed by atoms with Crippen LogP contribution in [0.15, 0.2) is 30.3 Å². The summed E-state index contributed by atoms with van der Waals surface area (Å²) in [5.74, 6) is -2.60. The maximum absolute atomic E-state index is 12.3. The molecule has 0 heterocycles. The van der Waals surface area contributed by atoms with Gasteiger partial charge in [0.25, 0.3) is 0 Å². The van der Waals surface area contributed by atoms with E-state index in [1.54, 1.807) is 32.9 Å². The molecule has 0 aromatic heterocycles. The lowest BCUT2D eigenvalue weighted by Crippen LogP contribution is -2.45. The number of rotatable bonds is 7. The number of alkyl carbamates (subject to hydrolysis) is 1. The van der Waals surface area contributed by atoms with Gasteiger partial charge in [0, 0.05) is 0 Å². The number of carboxylic acids is 1. The highest BCUT2D eigenvalue weighted by Crippen LogP contribution is 2.12. The van der Waals surface area contributed by atoms with Gasteiger partial charge in [0.05, 0.1) is 5.92 Å². The van der Waals surface area contributed by atoms with E-state index >= 15 is 0 Å². The van der Waals surface area contributed by atoms with E-state index in [9.17, 15) is 14.4 Å². The van der Waals surface area contributed by atoms with Crippen molar-refractivity contribution in [2.75, 3.05) is 0 Å². The maximum Gasteiger partial charge on any atom is 0.408 e. The summed E-state index contributed by atoms with van der Waals surface area (Å²) >= 11 is 0. The lowest BCUT2D eigenvalue weighted by molar-refractivity contribution is -0.149. The van der Waals surface area contributed by atoms with Gasteiger partial charge in [-0.1, -0.05) is 37.3 Å². The van der Waals surface area contributed by atoms with Crippen LogP contribution in [0.3, 0.4) is 0 Å². The minimum atomic E-state index is -1.11. The summed E-state index contributed by atoms with van der Waals surface area (Å²) in [6.07, 6.45) is -0.894. The maximum atomic E-state index is 12.3. The van der Waals surface area contributed by atoms with Crippen LogP contribution >= 0.6 is 0 Å². The molecule has 1 rings (SSSR count). The van der Waals surface area contributed by atoms with Crippen LogP contribution in [-0.2, 0) is 25.7 Å².